The summed E-state index contributed by atoms with van der Waals surface area (Å²) in [6, 6.07) is 5.29. The molecule has 0 aliphatic carbocycles. The van der Waals surface area contributed by atoms with E-state index in [1.807, 2.05) is 25.1 Å². The van der Waals surface area contributed by atoms with E-state index in [1.165, 1.54) is 0 Å². The number of thioether (sulfide) groups is 1. The standard InChI is InChI=1S/C14H19NO4S/c1-14(15-10(8-20-14)13(16)17)7-9-4-5-11(18-2)12(6-9)19-3/h4-6,10,15H,7-8H2,1-3H3,(H,16,17)/t10-,14?/m0/s1. The first-order chi connectivity index (χ1) is 9.47. The molecule has 2 N–H and O–H groups in total. The van der Waals surface area contributed by atoms with Gasteiger partial charge in [0.05, 0.1) is 19.1 Å². The number of ether oxygens (including phenoxy) is 2. The summed E-state index contributed by atoms with van der Waals surface area (Å²) in [4.78, 5) is 10.7. The Labute approximate surface area is 122 Å². The van der Waals surface area contributed by atoms with Crippen LogP contribution in [0.25, 0.3) is 0 Å². The van der Waals surface area contributed by atoms with Gasteiger partial charge in [-0.05, 0) is 31.0 Å². The molecule has 0 aromatic heterocycles. The lowest BCUT2D eigenvalue weighted by molar-refractivity contribution is -0.138. The van der Waals surface area contributed by atoms with Gasteiger partial charge in [0.2, 0.25) is 0 Å². The van der Waals surface area contributed by atoms with Crippen molar-refractivity contribution < 1.29 is 19.4 Å². The number of hydrogen-bond donors (Lipinski definition) is 2. The largest absolute Gasteiger partial charge is 0.493 e. The van der Waals surface area contributed by atoms with Gasteiger partial charge in [0.25, 0.3) is 0 Å². The second-order valence-electron chi connectivity index (χ2n) is 4.94. The molecule has 1 saturated heterocycles. The van der Waals surface area contributed by atoms with Gasteiger partial charge in [-0.3, -0.25) is 10.1 Å². The zero-order valence-corrected chi connectivity index (χ0v) is 12.6. The lowest BCUT2D eigenvalue weighted by atomic mass is 10.1. The van der Waals surface area contributed by atoms with Crippen LogP contribution in [-0.4, -0.2) is 42.0 Å². The zero-order chi connectivity index (χ0) is 14.8. The average molecular weight is 297 g/mol. The highest BCUT2D eigenvalue weighted by atomic mass is 32.2. The van der Waals surface area contributed by atoms with Crippen LogP contribution >= 0.6 is 11.8 Å². The monoisotopic (exact) mass is 297 g/mol. The van der Waals surface area contributed by atoms with E-state index in [0.717, 1.165) is 12.0 Å². The fourth-order valence-electron chi connectivity index (χ4n) is 2.33. The topological polar surface area (TPSA) is 67.8 Å². The van der Waals surface area contributed by atoms with Gasteiger partial charge in [0.1, 0.15) is 6.04 Å². The minimum atomic E-state index is -0.798. The van der Waals surface area contributed by atoms with E-state index >= 15 is 0 Å². The molecule has 0 saturated carbocycles. The van der Waals surface area contributed by atoms with Gasteiger partial charge in [-0.25, -0.2) is 0 Å². The number of methoxy groups -OCH3 is 2. The van der Waals surface area contributed by atoms with Crippen LogP contribution in [0.5, 0.6) is 11.5 Å². The van der Waals surface area contributed by atoms with Crippen molar-refractivity contribution in [2.45, 2.75) is 24.3 Å². The quantitative estimate of drug-likeness (QED) is 0.863. The summed E-state index contributed by atoms with van der Waals surface area (Å²) in [5, 5.41) is 12.2. The SMILES string of the molecule is COc1ccc(CC2(C)N[C@H](C(=O)O)CS2)cc1OC. The highest BCUT2D eigenvalue weighted by molar-refractivity contribution is 8.00. The molecule has 0 bridgehead atoms. The molecular formula is C14H19NO4S. The van der Waals surface area contributed by atoms with Crippen molar-refractivity contribution in [3.63, 3.8) is 0 Å². The fraction of sp³-hybridized carbons (Fsp3) is 0.500. The minimum Gasteiger partial charge on any atom is -0.493 e. The number of carbonyl (C=O) groups is 1. The number of benzene rings is 1. The molecule has 1 fully saturated rings. The van der Waals surface area contributed by atoms with Crippen molar-refractivity contribution in [1.82, 2.24) is 5.32 Å². The molecule has 2 atom stereocenters. The third kappa shape index (κ3) is 3.19. The Morgan fingerprint density at radius 3 is 2.70 bits per heavy atom. The highest BCUT2D eigenvalue weighted by Gasteiger charge is 2.38. The molecule has 5 nitrogen and oxygen atoms in total. The number of nitrogens with one attached hydrogen (secondary N) is 1. The van der Waals surface area contributed by atoms with Gasteiger partial charge < -0.3 is 14.6 Å². The summed E-state index contributed by atoms with van der Waals surface area (Å²) >= 11 is 1.64. The van der Waals surface area contributed by atoms with Crippen LogP contribution in [0.15, 0.2) is 18.2 Å². The van der Waals surface area contributed by atoms with Gasteiger partial charge in [-0.1, -0.05) is 6.07 Å². The number of rotatable bonds is 5. The molecule has 20 heavy (non-hydrogen) atoms. The van der Waals surface area contributed by atoms with Crippen molar-refractivity contribution in [3.05, 3.63) is 23.8 Å². The predicted octanol–water partition coefficient (Wildman–Crippen LogP) is 1.75. The highest BCUT2D eigenvalue weighted by Crippen LogP contribution is 2.35. The van der Waals surface area contributed by atoms with Crippen LogP contribution in [0.4, 0.5) is 0 Å². The molecule has 1 aromatic carbocycles. The van der Waals surface area contributed by atoms with E-state index in [2.05, 4.69) is 5.32 Å². The van der Waals surface area contributed by atoms with Crippen molar-refractivity contribution in [3.8, 4) is 11.5 Å². The summed E-state index contributed by atoms with van der Waals surface area (Å²) < 4.78 is 10.5. The van der Waals surface area contributed by atoms with E-state index < -0.39 is 12.0 Å². The van der Waals surface area contributed by atoms with E-state index in [0.29, 0.717) is 17.3 Å². The summed E-state index contributed by atoms with van der Waals surface area (Å²) in [6.07, 6.45) is 0.724. The first kappa shape index (κ1) is 15.0. The second kappa shape index (κ2) is 5.93. The molecular weight excluding hydrogens is 278 g/mol. The van der Waals surface area contributed by atoms with Gasteiger partial charge >= 0.3 is 5.97 Å². The predicted molar refractivity (Wildman–Crippen MR) is 78.7 cm³/mol. The fourth-order valence-corrected chi connectivity index (χ4v) is 3.59. The molecule has 1 aliphatic rings. The Balaban J connectivity index is 2.12. The Morgan fingerprint density at radius 2 is 2.15 bits per heavy atom. The second-order valence-corrected chi connectivity index (χ2v) is 6.47. The third-order valence-corrected chi connectivity index (χ3v) is 4.73. The molecule has 1 aliphatic heterocycles. The summed E-state index contributed by atoms with van der Waals surface area (Å²) in [7, 11) is 3.21. The number of carboxylic acids is 1. The van der Waals surface area contributed by atoms with Crippen molar-refractivity contribution in [2.75, 3.05) is 20.0 Å². The first-order valence-corrected chi connectivity index (χ1v) is 7.31. The van der Waals surface area contributed by atoms with E-state index in [4.69, 9.17) is 14.6 Å². The van der Waals surface area contributed by atoms with Gasteiger partial charge in [-0.2, -0.15) is 0 Å². The van der Waals surface area contributed by atoms with Crippen LogP contribution in [0, 0.1) is 0 Å². The van der Waals surface area contributed by atoms with Crippen LogP contribution in [-0.2, 0) is 11.2 Å². The molecule has 6 heteroatoms. The summed E-state index contributed by atoms with van der Waals surface area (Å²) in [5.41, 5.74) is 1.08. The molecule has 1 aromatic rings. The number of aliphatic carboxylic acids is 1. The van der Waals surface area contributed by atoms with Gasteiger partial charge in [0.15, 0.2) is 11.5 Å². The van der Waals surface area contributed by atoms with Crippen LogP contribution in [0.3, 0.4) is 0 Å². The van der Waals surface area contributed by atoms with Crippen LogP contribution in [0.1, 0.15) is 12.5 Å². The normalized spacial score (nSPS) is 25.4. The van der Waals surface area contributed by atoms with Crippen LogP contribution < -0.4 is 14.8 Å². The molecule has 1 unspecified atom stereocenters. The Bertz CT molecular complexity index is 508. The molecule has 1 heterocycles. The van der Waals surface area contributed by atoms with Gasteiger partial charge in [0, 0.05) is 5.75 Å². The molecule has 2 rings (SSSR count). The van der Waals surface area contributed by atoms with E-state index in [1.54, 1.807) is 26.0 Å². The van der Waals surface area contributed by atoms with Crippen molar-refractivity contribution >= 4 is 17.7 Å². The van der Waals surface area contributed by atoms with E-state index in [9.17, 15) is 4.79 Å². The maximum atomic E-state index is 11.0. The lowest BCUT2D eigenvalue weighted by Crippen LogP contribution is -2.44. The average Bonchev–Trinajstić information content (AvgIpc) is 2.81. The smallest absolute Gasteiger partial charge is 0.321 e. The first-order valence-electron chi connectivity index (χ1n) is 6.33. The molecule has 0 amide bonds. The van der Waals surface area contributed by atoms with Crippen molar-refractivity contribution in [1.29, 1.82) is 0 Å². The van der Waals surface area contributed by atoms with Crippen LogP contribution in [0.2, 0.25) is 0 Å². The maximum absolute atomic E-state index is 11.0. The Kier molecular flexibility index (Phi) is 4.45. The zero-order valence-electron chi connectivity index (χ0n) is 11.8. The third-order valence-electron chi connectivity index (χ3n) is 3.34. The van der Waals surface area contributed by atoms with Gasteiger partial charge in [-0.15, -0.1) is 11.8 Å². The Hall–Kier alpha value is -1.40. The lowest BCUT2D eigenvalue weighted by Gasteiger charge is -2.24. The summed E-state index contributed by atoms with van der Waals surface area (Å²) in [5.74, 6) is 1.16. The summed E-state index contributed by atoms with van der Waals surface area (Å²) in [6.45, 7) is 2.03. The molecule has 0 radical (unpaired) electrons. The number of carboxylic acid groups (broad SMARTS) is 1. The maximum Gasteiger partial charge on any atom is 0.321 e. The van der Waals surface area contributed by atoms with E-state index in [-0.39, 0.29) is 4.87 Å². The van der Waals surface area contributed by atoms with Crippen molar-refractivity contribution in [2.24, 2.45) is 0 Å². The molecule has 0 spiro atoms. The Morgan fingerprint density at radius 1 is 1.45 bits per heavy atom. The molecule has 110 valence electrons. The number of hydrogen-bond acceptors (Lipinski definition) is 5. The minimum absolute atomic E-state index is 0.275.